The number of anilines is 1. The van der Waals surface area contributed by atoms with Crippen molar-refractivity contribution in [2.45, 2.75) is 24.8 Å². The van der Waals surface area contributed by atoms with Crippen molar-refractivity contribution >= 4 is 42.6 Å². The Hall–Kier alpha value is -3.59. The summed E-state index contributed by atoms with van der Waals surface area (Å²) in [6.45, 7) is 10.0. The Bertz CT molecular complexity index is 1500. The van der Waals surface area contributed by atoms with Crippen molar-refractivity contribution in [2.24, 2.45) is 0 Å². The Labute approximate surface area is 222 Å². The predicted molar refractivity (Wildman–Crippen MR) is 152 cm³/mol. The van der Waals surface area contributed by atoms with Gasteiger partial charge in [-0.2, -0.15) is 4.31 Å². The van der Waals surface area contributed by atoms with Gasteiger partial charge in [0.25, 0.3) is 5.91 Å². The largest absolute Gasteiger partial charge is 0.279 e. The number of fused-ring (bicyclic) bond motifs is 1. The minimum atomic E-state index is -3.76. The molecule has 0 radical (unpaired) electrons. The number of rotatable bonds is 11. The highest BCUT2D eigenvalue weighted by molar-refractivity contribution is 7.89. The molecule has 0 atom stereocenters. The van der Waals surface area contributed by atoms with Crippen LogP contribution in [-0.4, -0.2) is 36.7 Å². The summed E-state index contributed by atoms with van der Waals surface area (Å²) >= 11 is 1.47. The van der Waals surface area contributed by atoms with E-state index in [0.29, 0.717) is 17.2 Å². The Morgan fingerprint density at radius 1 is 0.946 bits per heavy atom. The lowest BCUT2D eigenvalue weighted by Crippen LogP contribution is -2.32. The van der Waals surface area contributed by atoms with Crippen LogP contribution in [0.5, 0.6) is 0 Å². The van der Waals surface area contributed by atoms with Crippen LogP contribution < -0.4 is 4.90 Å². The summed E-state index contributed by atoms with van der Waals surface area (Å²) in [5.74, 6) is -0.251. The van der Waals surface area contributed by atoms with Crippen LogP contribution in [0.3, 0.4) is 0 Å². The van der Waals surface area contributed by atoms with Gasteiger partial charge >= 0.3 is 0 Å². The first-order valence-corrected chi connectivity index (χ1v) is 14.2. The number of hydrogen-bond acceptors (Lipinski definition) is 5. The van der Waals surface area contributed by atoms with Gasteiger partial charge in [-0.25, -0.2) is 13.4 Å². The molecule has 1 aromatic heterocycles. The van der Waals surface area contributed by atoms with Crippen molar-refractivity contribution in [1.82, 2.24) is 9.29 Å². The first kappa shape index (κ1) is 26.5. The quantitative estimate of drug-likeness (QED) is 0.220. The molecule has 0 saturated heterocycles. The number of aryl methyl sites for hydroxylation is 1. The zero-order chi connectivity index (χ0) is 26.4. The summed E-state index contributed by atoms with van der Waals surface area (Å²) in [7, 11) is -3.76. The number of nitrogens with zero attached hydrogens (tertiary/aromatic N) is 3. The topological polar surface area (TPSA) is 70.6 Å². The third-order valence-electron chi connectivity index (χ3n) is 5.94. The fourth-order valence-electron chi connectivity index (χ4n) is 4.02. The SMILES string of the molecule is C=CCN(CC=C)S(=O)(=O)c1ccc(C(=O)N(Cc2ccccc2)c2nc3c(CC)cccc3s2)cc1. The van der Waals surface area contributed by atoms with Gasteiger partial charge in [0.05, 0.1) is 21.7 Å². The average molecular weight is 532 g/mol. The van der Waals surface area contributed by atoms with Crippen molar-refractivity contribution in [2.75, 3.05) is 18.0 Å². The molecule has 190 valence electrons. The zero-order valence-electron chi connectivity index (χ0n) is 20.7. The number of carbonyl (C=O) groups is 1. The average Bonchev–Trinajstić information content (AvgIpc) is 3.36. The lowest BCUT2D eigenvalue weighted by Gasteiger charge is -2.21. The lowest BCUT2D eigenvalue weighted by atomic mass is 10.1. The number of hydrogen-bond donors (Lipinski definition) is 0. The smallest absolute Gasteiger partial charge is 0.260 e. The third kappa shape index (κ3) is 5.72. The lowest BCUT2D eigenvalue weighted by molar-refractivity contribution is 0.0985. The van der Waals surface area contributed by atoms with Gasteiger partial charge in [0.1, 0.15) is 0 Å². The van der Waals surface area contributed by atoms with E-state index < -0.39 is 10.0 Å². The molecule has 6 nitrogen and oxygen atoms in total. The molecule has 0 saturated carbocycles. The highest BCUT2D eigenvalue weighted by atomic mass is 32.2. The van der Waals surface area contributed by atoms with E-state index in [0.717, 1.165) is 27.8 Å². The van der Waals surface area contributed by atoms with Gasteiger partial charge in [0.2, 0.25) is 10.0 Å². The highest BCUT2D eigenvalue weighted by Crippen LogP contribution is 2.33. The molecular formula is C29H29N3O3S2. The number of sulfonamides is 1. The maximum atomic E-state index is 13.8. The summed E-state index contributed by atoms with van der Waals surface area (Å²) in [5, 5.41) is 0.601. The van der Waals surface area contributed by atoms with Crippen molar-refractivity contribution in [1.29, 1.82) is 0 Å². The third-order valence-corrected chi connectivity index (χ3v) is 8.83. The molecule has 0 aliphatic carbocycles. The Balaban J connectivity index is 1.70. The van der Waals surface area contributed by atoms with Crippen molar-refractivity contribution < 1.29 is 13.2 Å². The summed E-state index contributed by atoms with van der Waals surface area (Å²) in [6, 6.07) is 21.8. The van der Waals surface area contributed by atoms with Gasteiger partial charge in [-0.05, 0) is 47.9 Å². The molecule has 3 aromatic carbocycles. The van der Waals surface area contributed by atoms with E-state index in [-0.39, 0.29) is 23.9 Å². The van der Waals surface area contributed by atoms with Gasteiger partial charge in [-0.15, -0.1) is 13.2 Å². The van der Waals surface area contributed by atoms with E-state index in [1.165, 1.54) is 39.9 Å². The van der Waals surface area contributed by atoms with E-state index in [4.69, 9.17) is 4.98 Å². The number of amides is 1. The molecule has 8 heteroatoms. The van der Waals surface area contributed by atoms with E-state index in [1.807, 2.05) is 42.5 Å². The molecule has 4 rings (SSSR count). The molecule has 0 fully saturated rings. The molecule has 37 heavy (non-hydrogen) atoms. The molecule has 4 aromatic rings. The second-order valence-corrected chi connectivity index (χ2v) is 11.4. The van der Waals surface area contributed by atoms with E-state index in [2.05, 4.69) is 26.1 Å². The van der Waals surface area contributed by atoms with Gasteiger partial charge in [-0.3, -0.25) is 9.69 Å². The molecule has 1 heterocycles. The maximum absolute atomic E-state index is 13.8. The molecular weight excluding hydrogens is 502 g/mol. The molecule has 0 aliphatic heterocycles. The zero-order valence-corrected chi connectivity index (χ0v) is 22.3. The minimum absolute atomic E-state index is 0.106. The number of aromatic nitrogens is 1. The first-order valence-electron chi connectivity index (χ1n) is 11.9. The Morgan fingerprint density at radius 3 is 2.24 bits per heavy atom. The fourth-order valence-corrected chi connectivity index (χ4v) is 6.41. The van der Waals surface area contributed by atoms with Crippen LogP contribution in [-0.2, 0) is 23.0 Å². The van der Waals surface area contributed by atoms with Crippen LogP contribution in [0.2, 0.25) is 0 Å². The van der Waals surface area contributed by atoms with Crippen LogP contribution in [0.25, 0.3) is 10.2 Å². The number of carbonyl (C=O) groups excluding carboxylic acids is 1. The number of para-hydroxylation sites is 1. The molecule has 0 spiro atoms. The minimum Gasteiger partial charge on any atom is -0.279 e. The van der Waals surface area contributed by atoms with Crippen molar-refractivity contribution in [3.05, 3.63) is 115 Å². The van der Waals surface area contributed by atoms with Crippen LogP contribution in [0, 0.1) is 0 Å². The fraction of sp³-hybridized carbons (Fsp3) is 0.172. The first-order chi connectivity index (χ1) is 17.9. The summed E-state index contributed by atoms with van der Waals surface area (Å²) in [6.07, 6.45) is 3.91. The van der Waals surface area contributed by atoms with Gasteiger partial charge < -0.3 is 0 Å². The summed E-state index contributed by atoms with van der Waals surface area (Å²) in [4.78, 5) is 20.4. The monoisotopic (exact) mass is 531 g/mol. The molecule has 0 aliphatic rings. The Kier molecular flexibility index (Phi) is 8.33. The highest BCUT2D eigenvalue weighted by Gasteiger charge is 2.25. The van der Waals surface area contributed by atoms with Crippen molar-refractivity contribution in [3.8, 4) is 0 Å². The van der Waals surface area contributed by atoms with Gasteiger partial charge in [0.15, 0.2) is 5.13 Å². The normalized spacial score (nSPS) is 11.5. The van der Waals surface area contributed by atoms with Crippen molar-refractivity contribution in [3.63, 3.8) is 0 Å². The van der Waals surface area contributed by atoms with E-state index >= 15 is 0 Å². The second kappa shape index (κ2) is 11.6. The standard InChI is InChI=1S/C29H29N3O3S2/c1-4-19-31(20-5-2)37(34,35)25-17-15-24(16-18-25)28(33)32(21-22-11-8-7-9-12-22)29-30-27-23(6-3)13-10-14-26(27)36-29/h4-5,7-18H,1-2,6,19-21H2,3H3. The van der Waals surface area contributed by atoms with Gasteiger partial charge in [-0.1, -0.05) is 72.9 Å². The number of thiazole rings is 1. The van der Waals surface area contributed by atoms with Gasteiger partial charge in [0, 0.05) is 18.7 Å². The predicted octanol–water partition coefficient (Wildman–Crippen LogP) is 6.07. The number of benzene rings is 3. The van der Waals surface area contributed by atoms with Crippen LogP contribution in [0.1, 0.15) is 28.4 Å². The summed E-state index contributed by atoms with van der Waals surface area (Å²) in [5.41, 5.74) is 3.38. The molecule has 1 amide bonds. The second-order valence-electron chi connectivity index (χ2n) is 8.41. The van der Waals surface area contributed by atoms with E-state index in [9.17, 15) is 13.2 Å². The van der Waals surface area contributed by atoms with E-state index in [1.54, 1.807) is 17.0 Å². The van der Waals surface area contributed by atoms with Crippen LogP contribution in [0.4, 0.5) is 5.13 Å². The van der Waals surface area contributed by atoms with Crippen LogP contribution in [0.15, 0.2) is 103 Å². The summed E-state index contributed by atoms with van der Waals surface area (Å²) < 4.78 is 28.4. The Morgan fingerprint density at radius 2 is 1.62 bits per heavy atom. The maximum Gasteiger partial charge on any atom is 0.260 e. The molecule has 0 N–H and O–H groups in total. The molecule has 0 bridgehead atoms. The van der Waals surface area contributed by atoms with Crippen LogP contribution >= 0.6 is 11.3 Å². The molecule has 0 unspecified atom stereocenters.